The minimum absolute atomic E-state index is 0.102. The molecule has 1 aliphatic carbocycles. The number of hydrogen-bond donors (Lipinski definition) is 0. The van der Waals surface area contributed by atoms with E-state index in [1.807, 2.05) is 36.4 Å². The van der Waals surface area contributed by atoms with E-state index in [2.05, 4.69) is 60.7 Å². The molecule has 0 aromatic heterocycles. The average molecular weight is 426 g/mol. The molecule has 0 heterocycles. The Kier molecular flexibility index (Phi) is 7.12. The Morgan fingerprint density at radius 1 is 0.935 bits per heavy atom. The van der Waals surface area contributed by atoms with E-state index in [1.54, 1.807) is 6.92 Å². The van der Waals surface area contributed by atoms with Crippen LogP contribution in [0.4, 0.5) is 0 Å². The topological polar surface area (TPSA) is 26.3 Å². The van der Waals surface area contributed by atoms with Gasteiger partial charge in [-0.3, -0.25) is 4.79 Å². The van der Waals surface area contributed by atoms with Crippen LogP contribution < -0.4 is 15.3 Å². The molecule has 0 aliphatic heterocycles. The summed E-state index contributed by atoms with van der Waals surface area (Å²) in [6, 6.07) is 24.7. The summed E-state index contributed by atoms with van der Waals surface area (Å²) in [5, 5.41) is 2.22. The Labute approximate surface area is 186 Å². The van der Waals surface area contributed by atoms with Crippen LogP contribution in [0.2, 0.25) is 0 Å². The minimum Gasteiger partial charge on any atom is -0.488 e. The second-order valence-corrected chi connectivity index (χ2v) is 9.17. The average Bonchev–Trinajstić information content (AvgIpc) is 2.80. The maximum absolute atomic E-state index is 12.1. The van der Waals surface area contributed by atoms with E-state index in [4.69, 9.17) is 4.74 Å². The molecule has 0 saturated carbocycles. The molecule has 0 amide bonds. The predicted molar refractivity (Wildman–Crippen MR) is 131 cm³/mol. The molecule has 2 atom stereocenters. The molecular formula is C28H27O2P. The Balaban J connectivity index is 1.61. The van der Waals surface area contributed by atoms with Crippen LogP contribution in [0.3, 0.4) is 0 Å². The summed E-state index contributed by atoms with van der Waals surface area (Å²) in [6.07, 6.45) is 10.8. The number of ketones is 1. The summed E-state index contributed by atoms with van der Waals surface area (Å²) < 4.78 is 6.24. The molecule has 3 aromatic rings. The van der Waals surface area contributed by atoms with Crippen molar-refractivity contribution in [3.63, 3.8) is 0 Å². The van der Waals surface area contributed by atoms with E-state index in [9.17, 15) is 4.79 Å². The van der Waals surface area contributed by atoms with Gasteiger partial charge in [0.1, 0.15) is 12.4 Å². The van der Waals surface area contributed by atoms with Crippen molar-refractivity contribution < 1.29 is 9.53 Å². The van der Waals surface area contributed by atoms with Crippen molar-refractivity contribution in [1.82, 2.24) is 0 Å². The minimum atomic E-state index is 0.102. The molecule has 31 heavy (non-hydrogen) atoms. The highest BCUT2D eigenvalue weighted by molar-refractivity contribution is 7.56. The molecule has 2 nitrogen and oxygen atoms in total. The lowest BCUT2D eigenvalue weighted by molar-refractivity contribution is 0.101. The third kappa shape index (κ3) is 5.81. The number of carbonyl (C=O) groups is 1. The number of allylic oxidation sites excluding steroid dienone is 4. The van der Waals surface area contributed by atoms with Crippen molar-refractivity contribution in [2.45, 2.75) is 26.4 Å². The molecule has 2 unspecified atom stereocenters. The summed E-state index contributed by atoms with van der Waals surface area (Å²) in [4.78, 5) is 12.1. The van der Waals surface area contributed by atoms with Crippen LogP contribution in [-0.4, -0.2) is 5.78 Å². The molecule has 0 radical (unpaired) electrons. The van der Waals surface area contributed by atoms with Crippen LogP contribution >= 0.6 is 8.58 Å². The van der Waals surface area contributed by atoms with Gasteiger partial charge in [-0.15, -0.1) is 0 Å². The van der Waals surface area contributed by atoms with Crippen LogP contribution in [-0.2, 0) is 13.0 Å². The highest BCUT2D eigenvalue weighted by atomic mass is 31.1. The van der Waals surface area contributed by atoms with Crippen LogP contribution in [0.15, 0.2) is 97.1 Å². The SMILES string of the molecule is CC(=O)c1ccccc1Pc1cc(CC2C=CC=CC2)ccc1OCc1ccccc1. The van der Waals surface area contributed by atoms with Crippen molar-refractivity contribution in [3.8, 4) is 5.75 Å². The van der Waals surface area contributed by atoms with Crippen molar-refractivity contribution in [2.75, 3.05) is 0 Å². The second-order valence-electron chi connectivity index (χ2n) is 7.84. The lowest BCUT2D eigenvalue weighted by Gasteiger charge is -2.17. The van der Waals surface area contributed by atoms with E-state index in [-0.39, 0.29) is 5.78 Å². The summed E-state index contributed by atoms with van der Waals surface area (Å²) in [7, 11) is 0.365. The van der Waals surface area contributed by atoms with Gasteiger partial charge >= 0.3 is 0 Å². The van der Waals surface area contributed by atoms with E-state index in [0.717, 1.165) is 40.3 Å². The molecule has 0 spiro atoms. The van der Waals surface area contributed by atoms with E-state index in [1.165, 1.54) is 5.56 Å². The van der Waals surface area contributed by atoms with Crippen molar-refractivity contribution in [3.05, 3.63) is 114 Å². The number of ether oxygens (including phenoxy) is 1. The molecule has 0 bridgehead atoms. The largest absolute Gasteiger partial charge is 0.488 e. The number of benzene rings is 3. The van der Waals surface area contributed by atoms with Crippen molar-refractivity contribution >= 4 is 25.0 Å². The van der Waals surface area contributed by atoms with Crippen molar-refractivity contribution in [1.29, 1.82) is 0 Å². The fourth-order valence-corrected chi connectivity index (χ4v) is 5.19. The van der Waals surface area contributed by atoms with Gasteiger partial charge in [-0.25, -0.2) is 0 Å². The maximum atomic E-state index is 12.1. The lowest BCUT2D eigenvalue weighted by atomic mass is 9.93. The Morgan fingerprint density at radius 2 is 1.74 bits per heavy atom. The van der Waals surface area contributed by atoms with Gasteiger partial charge in [0.25, 0.3) is 0 Å². The highest BCUT2D eigenvalue weighted by Crippen LogP contribution is 2.25. The smallest absolute Gasteiger partial charge is 0.160 e. The van der Waals surface area contributed by atoms with Crippen LogP contribution in [0.25, 0.3) is 0 Å². The van der Waals surface area contributed by atoms with Gasteiger partial charge in [-0.2, -0.15) is 0 Å². The number of carbonyl (C=O) groups excluding carboxylic acids is 1. The lowest BCUT2D eigenvalue weighted by Crippen LogP contribution is -2.15. The van der Waals surface area contributed by atoms with Gasteiger partial charge in [-0.1, -0.05) is 93.5 Å². The van der Waals surface area contributed by atoms with Crippen LogP contribution in [0.1, 0.15) is 34.8 Å². The van der Waals surface area contributed by atoms with Gasteiger partial charge < -0.3 is 4.74 Å². The zero-order chi connectivity index (χ0) is 21.5. The zero-order valence-corrected chi connectivity index (χ0v) is 18.8. The first kappa shape index (κ1) is 21.3. The molecule has 1 aliphatic rings. The molecular weight excluding hydrogens is 399 g/mol. The number of rotatable bonds is 8. The Bertz CT molecular complexity index is 1100. The van der Waals surface area contributed by atoms with Crippen molar-refractivity contribution in [2.24, 2.45) is 5.92 Å². The van der Waals surface area contributed by atoms with E-state index >= 15 is 0 Å². The quantitative estimate of drug-likeness (QED) is 0.338. The van der Waals surface area contributed by atoms with Gasteiger partial charge in [0.15, 0.2) is 5.78 Å². The van der Waals surface area contributed by atoms with Gasteiger partial charge in [0.2, 0.25) is 0 Å². The first-order valence-corrected chi connectivity index (χ1v) is 11.7. The molecule has 156 valence electrons. The Hall–Kier alpha value is -2.96. The standard InChI is InChI=1S/C28H27O2P/c1-21(29)25-14-8-9-15-27(25)31-28-19-24(18-22-10-4-2-5-11-22)16-17-26(28)30-20-23-12-6-3-7-13-23/h2-10,12-17,19,22,31H,11,18,20H2,1H3. The Morgan fingerprint density at radius 3 is 2.52 bits per heavy atom. The third-order valence-corrected chi connectivity index (χ3v) is 6.79. The molecule has 0 fully saturated rings. The second kappa shape index (κ2) is 10.4. The maximum Gasteiger partial charge on any atom is 0.160 e. The highest BCUT2D eigenvalue weighted by Gasteiger charge is 2.14. The monoisotopic (exact) mass is 426 g/mol. The van der Waals surface area contributed by atoms with Gasteiger partial charge in [0, 0.05) is 10.9 Å². The predicted octanol–water partition coefficient (Wildman–Crippen LogP) is 5.77. The number of Topliss-reactive ketones (excluding diaryl/α,β-unsaturated/α-hetero) is 1. The van der Waals surface area contributed by atoms with Gasteiger partial charge in [0.05, 0.1) is 0 Å². The molecule has 3 heteroatoms. The summed E-state index contributed by atoms with van der Waals surface area (Å²) >= 11 is 0. The fourth-order valence-electron chi connectivity index (χ4n) is 3.79. The normalized spacial score (nSPS) is 15.5. The van der Waals surface area contributed by atoms with Crippen LogP contribution in [0, 0.1) is 5.92 Å². The molecule has 4 rings (SSSR count). The fraction of sp³-hybridized carbons (Fsp3) is 0.179. The summed E-state index contributed by atoms with van der Waals surface area (Å²) in [5.41, 5.74) is 3.24. The zero-order valence-electron chi connectivity index (χ0n) is 17.8. The number of hydrogen-bond acceptors (Lipinski definition) is 2. The summed E-state index contributed by atoms with van der Waals surface area (Å²) in [6.45, 7) is 2.16. The summed E-state index contributed by atoms with van der Waals surface area (Å²) in [5.74, 6) is 1.52. The first-order chi connectivity index (χ1) is 15.2. The van der Waals surface area contributed by atoms with E-state index < -0.39 is 0 Å². The van der Waals surface area contributed by atoms with E-state index in [0.29, 0.717) is 21.1 Å². The molecule has 0 saturated heterocycles. The molecule has 0 N–H and O–H groups in total. The molecule has 3 aromatic carbocycles. The van der Waals surface area contributed by atoms with Gasteiger partial charge in [-0.05, 0) is 54.2 Å². The van der Waals surface area contributed by atoms with Crippen LogP contribution in [0.5, 0.6) is 5.75 Å². The first-order valence-electron chi connectivity index (χ1n) is 10.7. The third-order valence-electron chi connectivity index (χ3n) is 5.42.